The number of benzene rings is 2. The number of pyridine rings is 1. The first-order valence-corrected chi connectivity index (χ1v) is 14.6. The molecule has 2 aromatic heterocycles. The van der Waals surface area contributed by atoms with Crippen molar-refractivity contribution in [2.24, 2.45) is 18.4 Å². The maximum Gasteiger partial charge on any atom is 0.250 e. The molecule has 1 atom stereocenters. The molecule has 216 valence electrons. The van der Waals surface area contributed by atoms with Crippen LogP contribution in [0.5, 0.6) is 0 Å². The number of nitrogens with one attached hydrogen (secondary N) is 2. The number of rotatable bonds is 9. The molecule has 4 aromatic rings. The summed E-state index contributed by atoms with van der Waals surface area (Å²) >= 11 is 6.64. The van der Waals surface area contributed by atoms with E-state index in [1.54, 1.807) is 41.2 Å². The lowest BCUT2D eigenvalue weighted by Crippen LogP contribution is -2.62. The fourth-order valence-electron chi connectivity index (χ4n) is 5.96. The Kier molecular flexibility index (Phi) is 7.22. The summed E-state index contributed by atoms with van der Waals surface area (Å²) in [6.45, 7) is 3.92. The third-order valence-electron chi connectivity index (χ3n) is 8.56. The molecule has 2 N–H and O–H groups in total. The zero-order valence-electron chi connectivity index (χ0n) is 23.8. The second-order valence-electron chi connectivity index (χ2n) is 11.9. The molecule has 2 bridgehead atoms. The van der Waals surface area contributed by atoms with Crippen molar-refractivity contribution in [2.75, 3.05) is 5.32 Å². The molecule has 3 fully saturated rings. The highest BCUT2D eigenvalue weighted by Gasteiger charge is 2.61. The molecule has 0 saturated heterocycles. The van der Waals surface area contributed by atoms with Crippen LogP contribution in [0.25, 0.3) is 22.5 Å². The molecule has 0 unspecified atom stereocenters. The van der Waals surface area contributed by atoms with E-state index in [0.29, 0.717) is 16.6 Å². The molecule has 9 nitrogen and oxygen atoms in total. The number of nitrogens with zero attached hydrogens (tertiary/aromatic N) is 4. The maximum absolute atomic E-state index is 13.7. The Morgan fingerprint density at radius 1 is 1.02 bits per heavy atom. The fourth-order valence-corrected chi connectivity index (χ4v) is 6.16. The zero-order valence-corrected chi connectivity index (χ0v) is 24.6. The van der Waals surface area contributed by atoms with Crippen LogP contribution >= 0.6 is 11.6 Å². The van der Waals surface area contributed by atoms with Crippen LogP contribution in [0.1, 0.15) is 44.7 Å². The van der Waals surface area contributed by atoms with E-state index < -0.39 is 6.04 Å². The van der Waals surface area contributed by atoms with Crippen molar-refractivity contribution in [2.45, 2.75) is 51.6 Å². The first-order chi connectivity index (χ1) is 20.1. The van der Waals surface area contributed by atoms with Crippen LogP contribution in [-0.2, 0) is 23.1 Å². The first-order valence-electron chi connectivity index (χ1n) is 14.2. The van der Waals surface area contributed by atoms with Crippen LogP contribution in [0.3, 0.4) is 0 Å². The van der Waals surface area contributed by atoms with Gasteiger partial charge in [0, 0.05) is 53.5 Å². The summed E-state index contributed by atoms with van der Waals surface area (Å²) in [6.07, 6.45) is 6.34. The van der Waals surface area contributed by atoms with Crippen LogP contribution in [0.15, 0.2) is 71.9 Å². The molecule has 3 aliphatic rings. The van der Waals surface area contributed by atoms with Crippen molar-refractivity contribution >= 4 is 29.1 Å². The van der Waals surface area contributed by atoms with E-state index in [0.717, 1.165) is 47.3 Å². The van der Waals surface area contributed by atoms with Gasteiger partial charge in [-0.25, -0.2) is 0 Å². The lowest BCUT2D eigenvalue weighted by molar-refractivity contribution is -0.166. The second-order valence-corrected chi connectivity index (χ2v) is 12.3. The molecule has 2 amide bonds. The highest BCUT2D eigenvalue weighted by atomic mass is 35.5. The lowest BCUT2D eigenvalue weighted by atomic mass is 9.44. The standard InChI is InChI=1S/C32H33ClN6O3/c1-19(2)39-17-23(7-11-28(39)40)22-6-10-26(33)24(12-22)13-27(36-31(42)32-14-20(15-32)16-32)30(41)35-25-8-4-21(5-9-25)29-37-34-18-38(29)3/h4-12,17-20,27H,13-16H2,1-3H3,(H,35,41)(H,36,42)/t20?,27-,32?/m0/s1. The average molecular weight is 585 g/mol. The van der Waals surface area contributed by atoms with E-state index in [2.05, 4.69) is 20.8 Å². The molecule has 10 heteroatoms. The largest absolute Gasteiger partial charge is 0.343 e. The minimum absolute atomic E-state index is 0.0129. The summed E-state index contributed by atoms with van der Waals surface area (Å²) in [7, 11) is 1.87. The number of amides is 2. The van der Waals surface area contributed by atoms with Gasteiger partial charge in [-0.3, -0.25) is 14.4 Å². The van der Waals surface area contributed by atoms with Crippen molar-refractivity contribution in [1.29, 1.82) is 0 Å². The van der Waals surface area contributed by atoms with Gasteiger partial charge < -0.3 is 19.8 Å². The van der Waals surface area contributed by atoms with Gasteiger partial charge in [0.1, 0.15) is 12.4 Å². The molecule has 3 aliphatic carbocycles. The zero-order chi connectivity index (χ0) is 29.6. The SMILES string of the molecule is CC(C)n1cc(-c2ccc(Cl)c(C[C@H](NC(=O)C34CC(C3)C4)C(=O)Nc3ccc(-c4nncn4C)cc3)c2)ccc1=O. The number of anilines is 1. The summed E-state index contributed by atoms with van der Waals surface area (Å²) in [5.41, 5.74) is 3.53. The van der Waals surface area contributed by atoms with Gasteiger partial charge in [-0.1, -0.05) is 17.7 Å². The highest BCUT2D eigenvalue weighted by Crippen LogP contribution is 2.64. The van der Waals surface area contributed by atoms with Crippen molar-refractivity contribution in [3.05, 3.63) is 88.1 Å². The van der Waals surface area contributed by atoms with Gasteiger partial charge in [0.25, 0.3) is 5.56 Å². The van der Waals surface area contributed by atoms with Crippen molar-refractivity contribution in [3.63, 3.8) is 0 Å². The number of carbonyl (C=O) groups excluding carboxylic acids is 2. The van der Waals surface area contributed by atoms with E-state index in [-0.39, 0.29) is 35.3 Å². The molecule has 0 aliphatic heterocycles. The van der Waals surface area contributed by atoms with Crippen LogP contribution in [-0.4, -0.2) is 37.2 Å². The molecular formula is C32H33ClN6O3. The maximum atomic E-state index is 13.7. The number of aromatic nitrogens is 4. The summed E-state index contributed by atoms with van der Waals surface area (Å²) in [4.78, 5) is 39.2. The predicted octanol–water partition coefficient (Wildman–Crippen LogP) is 5.01. The first kappa shape index (κ1) is 27.9. The smallest absolute Gasteiger partial charge is 0.250 e. The quantitative estimate of drug-likeness (QED) is 0.287. The third-order valence-corrected chi connectivity index (χ3v) is 8.93. The number of aryl methyl sites for hydroxylation is 1. The topological polar surface area (TPSA) is 111 Å². The Morgan fingerprint density at radius 2 is 1.71 bits per heavy atom. The summed E-state index contributed by atoms with van der Waals surface area (Å²) in [6, 6.07) is 15.5. The Labute approximate surface area is 248 Å². The Balaban J connectivity index is 1.25. The van der Waals surface area contributed by atoms with Crippen LogP contribution < -0.4 is 16.2 Å². The van der Waals surface area contributed by atoms with Gasteiger partial charge in [-0.2, -0.15) is 0 Å². The summed E-state index contributed by atoms with van der Waals surface area (Å²) in [5.74, 6) is 0.959. The van der Waals surface area contributed by atoms with Crippen molar-refractivity contribution < 1.29 is 9.59 Å². The highest BCUT2D eigenvalue weighted by molar-refractivity contribution is 6.31. The molecule has 42 heavy (non-hydrogen) atoms. The van der Waals surface area contributed by atoms with Gasteiger partial charge in [0.2, 0.25) is 11.8 Å². The molecule has 0 spiro atoms. The van der Waals surface area contributed by atoms with Crippen LogP contribution in [0.4, 0.5) is 5.69 Å². The van der Waals surface area contributed by atoms with E-state index in [9.17, 15) is 14.4 Å². The molecule has 0 radical (unpaired) electrons. The normalized spacial score (nSPS) is 19.5. The molecule has 2 heterocycles. The minimum Gasteiger partial charge on any atom is -0.343 e. The molecule has 3 saturated carbocycles. The number of hydrogen-bond acceptors (Lipinski definition) is 5. The number of hydrogen-bond donors (Lipinski definition) is 2. The lowest BCUT2D eigenvalue weighted by Gasteiger charge is -2.60. The molecule has 2 aromatic carbocycles. The van der Waals surface area contributed by atoms with Gasteiger partial charge in [-0.15, -0.1) is 10.2 Å². The van der Waals surface area contributed by atoms with Crippen LogP contribution in [0, 0.1) is 11.3 Å². The Morgan fingerprint density at radius 3 is 2.33 bits per heavy atom. The average Bonchev–Trinajstić information content (AvgIpc) is 3.34. The third kappa shape index (κ3) is 5.25. The second kappa shape index (κ2) is 10.9. The van der Waals surface area contributed by atoms with E-state index in [1.807, 2.05) is 55.9 Å². The van der Waals surface area contributed by atoms with E-state index in [4.69, 9.17) is 11.6 Å². The number of carbonyl (C=O) groups is 2. The fraction of sp³-hybridized carbons (Fsp3) is 0.344. The van der Waals surface area contributed by atoms with Crippen molar-refractivity contribution in [3.8, 4) is 22.5 Å². The van der Waals surface area contributed by atoms with Gasteiger partial charge >= 0.3 is 0 Å². The molecule has 7 rings (SSSR count). The number of halogens is 1. The van der Waals surface area contributed by atoms with Gasteiger partial charge in [0.05, 0.1) is 0 Å². The Bertz CT molecular complexity index is 1710. The monoisotopic (exact) mass is 584 g/mol. The summed E-state index contributed by atoms with van der Waals surface area (Å²) in [5, 5.41) is 14.6. The molecular weight excluding hydrogens is 552 g/mol. The minimum atomic E-state index is -0.831. The van der Waals surface area contributed by atoms with Crippen molar-refractivity contribution in [1.82, 2.24) is 24.6 Å². The van der Waals surface area contributed by atoms with Gasteiger partial charge in [0.15, 0.2) is 5.82 Å². The van der Waals surface area contributed by atoms with E-state index in [1.165, 1.54) is 0 Å². The van der Waals surface area contributed by atoms with E-state index >= 15 is 0 Å². The van der Waals surface area contributed by atoms with Crippen LogP contribution in [0.2, 0.25) is 5.02 Å². The predicted molar refractivity (Wildman–Crippen MR) is 162 cm³/mol. The summed E-state index contributed by atoms with van der Waals surface area (Å²) < 4.78 is 3.50. The van der Waals surface area contributed by atoms with Gasteiger partial charge in [-0.05, 0) is 98.2 Å². The Hall–Kier alpha value is -4.24.